The van der Waals surface area contributed by atoms with Crippen molar-refractivity contribution in [1.29, 1.82) is 0 Å². The molecule has 0 amide bonds. The van der Waals surface area contributed by atoms with E-state index in [2.05, 4.69) is 27.0 Å². The van der Waals surface area contributed by atoms with E-state index in [1.807, 2.05) is 0 Å². The molecule has 2 rings (SSSR count). The molecule has 6 heteroatoms. The maximum Gasteiger partial charge on any atom is 0.227 e. The lowest BCUT2D eigenvalue weighted by molar-refractivity contribution is -0.107. The number of aldehydes is 1. The minimum atomic E-state index is 0.234. The highest BCUT2D eigenvalue weighted by atomic mass is 16.5. The largest absolute Gasteiger partial charge is 0.339 e. The van der Waals surface area contributed by atoms with Crippen LogP contribution in [0.2, 0.25) is 0 Å². The van der Waals surface area contributed by atoms with Crippen molar-refractivity contribution in [2.24, 2.45) is 0 Å². The van der Waals surface area contributed by atoms with Gasteiger partial charge in [0, 0.05) is 39.1 Å². The number of carbonyl (C=O) groups excluding carboxylic acids is 1. The lowest BCUT2D eigenvalue weighted by Crippen LogP contribution is -2.45. The Bertz CT molecular complexity index is 358. The monoisotopic (exact) mass is 238 g/mol. The molecule has 1 aromatic rings. The van der Waals surface area contributed by atoms with Crippen LogP contribution in [-0.4, -0.2) is 66.0 Å². The van der Waals surface area contributed by atoms with Crippen molar-refractivity contribution in [1.82, 2.24) is 19.9 Å². The van der Waals surface area contributed by atoms with Gasteiger partial charge >= 0.3 is 0 Å². The van der Waals surface area contributed by atoms with Gasteiger partial charge < -0.3 is 19.1 Å². The van der Waals surface area contributed by atoms with Gasteiger partial charge in [0.1, 0.15) is 6.29 Å². The Morgan fingerprint density at radius 3 is 2.82 bits per heavy atom. The molecule has 1 aliphatic rings. The first kappa shape index (κ1) is 12.2. The van der Waals surface area contributed by atoms with Crippen LogP contribution >= 0.6 is 0 Å². The third-order valence-corrected chi connectivity index (χ3v) is 3.01. The van der Waals surface area contributed by atoms with Crippen molar-refractivity contribution in [3.8, 4) is 0 Å². The summed E-state index contributed by atoms with van der Waals surface area (Å²) in [6.45, 7) is 5.34. The van der Waals surface area contributed by atoms with Gasteiger partial charge in [-0.25, -0.2) is 0 Å². The second-order valence-corrected chi connectivity index (χ2v) is 4.37. The van der Waals surface area contributed by atoms with Gasteiger partial charge in [0.2, 0.25) is 5.89 Å². The van der Waals surface area contributed by atoms with Crippen molar-refractivity contribution in [3.05, 3.63) is 11.7 Å². The molecule has 0 aliphatic carbocycles. The van der Waals surface area contributed by atoms with Gasteiger partial charge in [-0.1, -0.05) is 5.16 Å². The molecule has 2 heterocycles. The van der Waals surface area contributed by atoms with Crippen LogP contribution in [-0.2, 0) is 17.6 Å². The summed E-state index contributed by atoms with van der Waals surface area (Å²) in [5, 5.41) is 3.74. The zero-order valence-corrected chi connectivity index (χ0v) is 10.1. The van der Waals surface area contributed by atoms with Crippen LogP contribution in [0.15, 0.2) is 4.52 Å². The smallest absolute Gasteiger partial charge is 0.227 e. The summed E-state index contributed by atoms with van der Waals surface area (Å²) in [7, 11) is 2.14. The Kier molecular flexibility index (Phi) is 4.22. The predicted octanol–water partition coefficient (Wildman–Crippen LogP) is -0.399. The number of aromatic nitrogens is 2. The van der Waals surface area contributed by atoms with E-state index in [9.17, 15) is 4.79 Å². The third kappa shape index (κ3) is 3.61. The van der Waals surface area contributed by atoms with E-state index in [1.54, 1.807) is 0 Å². The van der Waals surface area contributed by atoms with E-state index in [4.69, 9.17) is 4.52 Å². The van der Waals surface area contributed by atoms with Gasteiger partial charge in [0.05, 0.1) is 6.42 Å². The van der Waals surface area contributed by atoms with Crippen molar-refractivity contribution in [2.75, 3.05) is 39.8 Å². The van der Waals surface area contributed by atoms with Crippen LogP contribution in [0.1, 0.15) is 11.7 Å². The molecule has 1 aliphatic heterocycles. The zero-order valence-electron chi connectivity index (χ0n) is 10.1. The van der Waals surface area contributed by atoms with Crippen LogP contribution < -0.4 is 0 Å². The van der Waals surface area contributed by atoms with Crippen LogP contribution in [0.25, 0.3) is 0 Å². The molecular weight excluding hydrogens is 220 g/mol. The van der Waals surface area contributed by atoms with Gasteiger partial charge in [0.25, 0.3) is 0 Å². The molecular formula is C11H18N4O2. The average molecular weight is 238 g/mol. The highest BCUT2D eigenvalue weighted by Crippen LogP contribution is 2.03. The highest BCUT2D eigenvalue weighted by molar-refractivity contribution is 5.52. The molecule has 17 heavy (non-hydrogen) atoms. The Morgan fingerprint density at radius 1 is 1.35 bits per heavy atom. The van der Waals surface area contributed by atoms with Gasteiger partial charge in [-0.15, -0.1) is 0 Å². The van der Waals surface area contributed by atoms with E-state index in [0.29, 0.717) is 11.7 Å². The SMILES string of the molecule is CN1CCN(CCc2nc(CC=O)no2)CC1. The number of rotatable bonds is 5. The second kappa shape index (κ2) is 5.88. The van der Waals surface area contributed by atoms with E-state index in [1.165, 1.54) is 0 Å². The van der Waals surface area contributed by atoms with Gasteiger partial charge in [-0.05, 0) is 7.05 Å². The Labute approximate surface area is 101 Å². The summed E-state index contributed by atoms with van der Waals surface area (Å²) in [5.41, 5.74) is 0. The molecule has 0 spiro atoms. The summed E-state index contributed by atoms with van der Waals surface area (Å²) in [5.74, 6) is 1.11. The lowest BCUT2D eigenvalue weighted by atomic mass is 10.3. The van der Waals surface area contributed by atoms with Gasteiger partial charge in [-0.2, -0.15) is 4.98 Å². The van der Waals surface area contributed by atoms with E-state index in [-0.39, 0.29) is 6.42 Å². The van der Waals surface area contributed by atoms with Crippen LogP contribution in [0.3, 0.4) is 0 Å². The fourth-order valence-electron chi connectivity index (χ4n) is 1.87. The lowest BCUT2D eigenvalue weighted by Gasteiger charge is -2.31. The summed E-state index contributed by atoms with van der Waals surface area (Å²) >= 11 is 0. The third-order valence-electron chi connectivity index (χ3n) is 3.01. The van der Waals surface area contributed by atoms with Crippen LogP contribution in [0, 0.1) is 0 Å². The molecule has 0 unspecified atom stereocenters. The molecule has 1 fully saturated rings. The van der Waals surface area contributed by atoms with Crippen LogP contribution in [0.4, 0.5) is 0 Å². The minimum absolute atomic E-state index is 0.234. The molecule has 0 aromatic carbocycles. The Hall–Kier alpha value is -1.27. The standard InChI is InChI=1S/C11H18N4O2/c1-14-5-7-15(8-6-14)4-2-11-12-10(3-9-16)13-17-11/h9H,2-8H2,1H3. The second-order valence-electron chi connectivity index (χ2n) is 4.37. The molecule has 1 aromatic heterocycles. The van der Waals surface area contributed by atoms with Crippen molar-refractivity contribution < 1.29 is 9.32 Å². The number of hydrogen-bond donors (Lipinski definition) is 0. The first-order valence-electron chi connectivity index (χ1n) is 5.94. The molecule has 0 bridgehead atoms. The van der Waals surface area contributed by atoms with E-state index < -0.39 is 0 Å². The molecule has 1 saturated heterocycles. The Balaban J connectivity index is 1.75. The maximum absolute atomic E-state index is 10.3. The van der Waals surface area contributed by atoms with Crippen molar-refractivity contribution in [2.45, 2.75) is 12.8 Å². The topological polar surface area (TPSA) is 62.5 Å². The maximum atomic E-state index is 10.3. The number of hydrogen-bond acceptors (Lipinski definition) is 6. The number of nitrogens with zero attached hydrogens (tertiary/aromatic N) is 4. The quantitative estimate of drug-likeness (QED) is 0.651. The summed E-state index contributed by atoms with van der Waals surface area (Å²) in [6.07, 6.45) is 1.78. The van der Waals surface area contributed by atoms with Crippen molar-refractivity contribution >= 4 is 6.29 Å². The zero-order chi connectivity index (χ0) is 12.1. The number of carbonyl (C=O) groups is 1. The first-order valence-corrected chi connectivity index (χ1v) is 5.94. The molecule has 0 N–H and O–H groups in total. The molecule has 0 saturated carbocycles. The molecule has 0 radical (unpaired) electrons. The molecule has 94 valence electrons. The molecule has 6 nitrogen and oxygen atoms in total. The van der Waals surface area contributed by atoms with Gasteiger partial charge in [-0.3, -0.25) is 0 Å². The molecule has 0 atom stereocenters. The predicted molar refractivity (Wildman–Crippen MR) is 61.7 cm³/mol. The van der Waals surface area contributed by atoms with Crippen molar-refractivity contribution in [3.63, 3.8) is 0 Å². The Morgan fingerprint density at radius 2 is 2.12 bits per heavy atom. The minimum Gasteiger partial charge on any atom is -0.339 e. The number of piperazine rings is 1. The average Bonchev–Trinajstić information content (AvgIpc) is 2.77. The fourth-order valence-corrected chi connectivity index (χ4v) is 1.87. The summed E-state index contributed by atoms with van der Waals surface area (Å²) in [4.78, 5) is 19.2. The highest BCUT2D eigenvalue weighted by Gasteiger charge is 2.14. The van der Waals surface area contributed by atoms with E-state index in [0.717, 1.165) is 45.4 Å². The fraction of sp³-hybridized carbons (Fsp3) is 0.727. The first-order chi connectivity index (χ1) is 8.28. The van der Waals surface area contributed by atoms with Gasteiger partial charge in [0.15, 0.2) is 5.82 Å². The summed E-state index contributed by atoms with van der Waals surface area (Å²) in [6, 6.07) is 0. The summed E-state index contributed by atoms with van der Waals surface area (Å²) < 4.78 is 5.07. The van der Waals surface area contributed by atoms with Crippen LogP contribution in [0.5, 0.6) is 0 Å². The normalized spacial score (nSPS) is 18.4. The number of likely N-dealkylation sites (N-methyl/N-ethyl adjacent to an activating group) is 1. The van der Waals surface area contributed by atoms with E-state index >= 15 is 0 Å².